The van der Waals surface area contributed by atoms with E-state index in [1.807, 2.05) is 152 Å². The molecule has 10 N–H and O–H groups in total. The number of hydrogen-bond acceptors (Lipinski definition) is 19. The zero-order valence-corrected chi connectivity index (χ0v) is 65.4. The molecule has 0 radical (unpaired) electrons. The summed E-state index contributed by atoms with van der Waals surface area (Å²) in [6.07, 6.45) is 7.94. The van der Waals surface area contributed by atoms with Gasteiger partial charge in [-0.25, -0.2) is 4.39 Å². The van der Waals surface area contributed by atoms with E-state index in [9.17, 15) is 66.3 Å². The number of carbonyl (C=O) groups excluding carboxylic acids is 12. The molecule has 0 spiro atoms. The maximum atomic E-state index is 13.7. The Balaban J connectivity index is 0.000000171. The fourth-order valence-corrected chi connectivity index (χ4v) is 15.6. The smallest absolute Gasteiger partial charge is 0.265 e. The van der Waals surface area contributed by atoms with Gasteiger partial charge < -0.3 is 47.4 Å². The molecule has 12 amide bonds. The number of hydrogen-bond donors (Lipinski definition) is 9. The number of rotatable bonds is 20. The van der Waals surface area contributed by atoms with Gasteiger partial charge in [-0.2, -0.15) is 0 Å². The largest absolute Gasteiger partial charge is 0.355 e. The van der Waals surface area contributed by atoms with Crippen molar-refractivity contribution in [3.63, 3.8) is 0 Å². The zero-order chi connectivity index (χ0) is 84.7. The number of nitrogens with two attached hydrogens (primary N) is 1. The van der Waals surface area contributed by atoms with Crippen LogP contribution in [0.15, 0.2) is 194 Å². The molecule has 6 aliphatic heterocycles. The van der Waals surface area contributed by atoms with E-state index in [0.29, 0.717) is 82.8 Å². The summed E-state index contributed by atoms with van der Waals surface area (Å²) in [5, 5.41) is 24.3. The van der Waals surface area contributed by atoms with Crippen molar-refractivity contribution in [3.05, 3.63) is 250 Å². The van der Waals surface area contributed by atoms with Gasteiger partial charge in [-0.1, -0.05) is 91.0 Å². The maximum absolute atomic E-state index is 13.7. The van der Waals surface area contributed by atoms with Crippen molar-refractivity contribution < 1.29 is 67.7 Å². The number of likely N-dealkylation sites (tertiary alicyclic amines) is 2. The molecule has 0 bridgehead atoms. The Kier molecular flexibility index (Phi) is 26.1. The number of alkyl halides is 1. The normalized spacial score (nSPS) is 16.9. The molecule has 2 atom stereocenters. The summed E-state index contributed by atoms with van der Waals surface area (Å²) in [5.74, 6) is -5.86. The minimum atomic E-state index is -1.07. The van der Waals surface area contributed by atoms with E-state index in [1.165, 1.54) is 12.1 Å². The molecular weight excluding hydrogens is 1520 g/mol. The number of nitrogens with one attached hydrogen (secondary N) is 8. The Bertz CT molecular complexity index is 5600. The summed E-state index contributed by atoms with van der Waals surface area (Å²) >= 11 is 0. The average Bonchev–Trinajstić information content (AvgIpc) is 1.60. The first kappa shape index (κ1) is 81.9. The molecule has 16 rings (SSSR count). The van der Waals surface area contributed by atoms with Crippen molar-refractivity contribution in [1.29, 1.82) is 0 Å². The zero-order valence-electron chi connectivity index (χ0n) is 66.4. The number of nitrogens with zero attached hydrogens (tertiary/aromatic N) is 6. The molecule has 8 heterocycles. The SMILES string of the molecule is CNC(=O)c1cnc2ccc(-c3ccc(C(=O)NCCN4CCC(Cc5cccc6c5C(=O)N(C5CCC(=O)NC5=O)C6=O)CC4)cc3)cc2c1Nc1ccccc1.CNC(=O)c1cnc2ccc(-c3ccc(C(=O)NCCN4CCC(N)CC4)cc3)cc2c1Nc1ccccc1.O=C1CCC(N2C(=O)c3cccc(F)c3C2=O)C(=O)N1.[2H]CF. The Morgan fingerprint density at radius 3 is 1.33 bits per heavy atom. The highest BCUT2D eigenvalue weighted by molar-refractivity contribution is 6.25. The molecule has 6 aliphatic rings. The monoisotopic (exact) mass is 1610 g/mol. The van der Waals surface area contributed by atoms with Crippen LogP contribution in [-0.2, 0) is 25.6 Å². The number of benzene rings is 8. The molecule has 4 saturated heterocycles. The molecule has 29 heteroatoms. The summed E-state index contributed by atoms with van der Waals surface area (Å²) in [6, 6.07) is 53.6. The highest BCUT2D eigenvalue weighted by Gasteiger charge is 2.47. The molecule has 4 fully saturated rings. The molecule has 610 valence electrons. The number of para-hydroxylation sites is 2. The third kappa shape index (κ3) is 18.9. The first-order valence-corrected chi connectivity index (χ1v) is 39.2. The van der Waals surface area contributed by atoms with Crippen LogP contribution in [0.2, 0.25) is 0 Å². The van der Waals surface area contributed by atoms with Gasteiger partial charge in [0.2, 0.25) is 23.6 Å². The van der Waals surface area contributed by atoms with Gasteiger partial charge in [0.05, 0.1) is 64.3 Å². The predicted octanol–water partition coefficient (Wildman–Crippen LogP) is 10.1. The third-order valence-corrected chi connectivity index (χ3v) is 22.0. The topological polar surface area (TPSA) is 366 Å². The summed E-state index contributed by atoms with van der Waals surface area (Å²) in [6.45, 7) is 6.29. The standard InChI is InChI=1S/C45H43N7O6.C31H34N6O2.C13H9FN2O4.CH3F/c1-46-42(55)35-26-48-36-15-14-30(25-34(36)40(35)49-32-7-3-2-4-8-32)28-10-12-29(13-11-28)41(54)47-20-23-51-21-18-27(19-22-51)24-31-6-5-9-33-39(31)45(58)52(44(33)57)37-16-17-38(53)50-43(37)56;1-33-31(39)27-20-35-28-12-11-23(19-26(28)29(27)36-25-5-3-2-4-6-25)21-7-9-22(10-8-21)30(38)34-15-18-37-16-13-24(32)14-17-37;14-7-3-1-2-6-10(7)13(20)16(12(6)19)8-4-5-9(17)15-11(8)18;1-2/h2-15,25-27,37H,16-24H2,1H3,(H,46,55)(H,47,54)(H,48,49)(H,50,53,56);2-12,19-20,24H,13-18,32H2,1H3,(H,33,39)(H,34,38)(H,35,36);1-3,8H,4-5H2,(H,15,17,18);1H3/i;;;1D. The van der Waals surface area contributed by atoms with Crippen molar-refractivity contribution in [2.75, 3.05) is 84.2 Å². The van der Waals surface area contributed by atoms with E-state index in [1.54, 1.807) is 38.6 Å². The van der Waals surface area contributed by atoms with Crippen LogP contribution in [-0.4, -0.2) is 192 Å². The number of piperidine rings is 4. The lowest BCUT2D eigenvalue weighted by Crippen LogP contribution is -2.54. The van der Waals surface area contributed by atoms with E-state index in [2.05, 4.69) is 62.3 Å². The van der Waals surface area contributed by atoms with Crippen LogP contribution < -0.4 is 48.3 Å². The third-order valence-electron chi connectivity index (χ3n) is 22.0. The number of anilines is 4. The molecular formula is C90H89F2N15O12. The van der Waals surface area contributed by atoms with Crippen molar-refractivity contribution in [1.82, 2.24) is 61.5 Å². The number of fused-ring (bicyclic) bond motifs is 4. The molecule has 8 aromatic carbocycles. The summed E-state index contributed by atoms with van der Waals surface area (Å²) in [7, 11) is 2.20. The fraction of sp³-hybridized carbons (Fsp3) is 0.267. The van der Waals surface area contributed by atoms with Crippen LogP contribution in [0.5, 0.6) is 0 Å². The Labute approximate surface area is 685 Å². The van der Waals surface area contributed by atoms with Gasteiger partial charge in [-0.05, 0) is 196 Å². The summed E-state index contributed by atoms with van der Waals surface area (Å²) in [5.41, 5.74) is 17.5. The van der Waals surface area contributed by atoms with Crippen LogP contribution in [0, 0.1) is 11.7 Å². The second kappa shape index (κ2) is 38.0. The molecule has 2 aromatic heterocycles. The van der Waals surface area contributed by atoms with E-state index < -0.39 is 72.3 Å². The van der Waals surface area contributed by atoms with E-state index in [4.69, 9.17) is 7.10 Å². The predicted molar refractivity (Wildman–Crippen MR) is 445 cm³/mol. The molecule has 10 aromatic rings. The van der Waals surface area contributed by atoms with Crippen molar-refractivity contribution in [2.24, 2.45) is 11.7 Å². The second-order valence-electron chi connectivity index (χ2n) is 29.4. The van der Waals surface area contributed by atoms with Gasteiger partial charge in [0.15, 0.2) is 0 Å². The number of carbonyl (C=O) groups is 12. The lowest BCUT2D eigenvalue weighted by Gasteiger charge is -2.32. The lowest BCUT2D eigenvalue weighted by molar-refractivity contribution is -0.137. The number of pyridine rings is 2. The number of imide groups is 4. The minimum absolute atomic E-state index is 0.0340. The van der Waals surface area contributed by atoms with Gasteiger partial charge in [-0.3, -0.25) is 92.3 Å². The van der Waals surface area contributed by atoms with E-state index >= 15 is 0 Å². The van der Waals surface area contributed by atoms with Gasteiger partial charge in [-0.15, -0.1) is 0 Å². The van der Waals surface area contributed by atoms with Gasteiger partial charge in [0, 0.05) is 105 Å². The van der Waals surface area contributed by atoms with Crippen molar-refractivity contribution in [2.45, 2.75) is 75.9 Å². The van der Waals surface area contributed by atoms with Gasteiger partial charge in [0.1, 0.15) is 17.9 Å². The first-order chi connectivity index (χ1) is 58.1. The maximum Gasteiger partial charge on any atom is 0.265 e. The molecule has 119 heavy (non-hydrogen) atoms. The lowest BCUT2D eigenvalue weighted by atomic mass is 9.87. The highest BCUT2D eigenvalue weighted by atomic mass is 19.1. The van der Waals surface area contributed by atoms with Crippen molar-refractivity contribution >= 4 is 115 Å². The Morgan fingerprint density at radius 2 is 0.899 bits per heavy atom. The van der Waals surface area contributed by atoms with Crippen LogP contribution in [0.4, 0.5) is 31.5 Å². The molecule has 0 aliphatic carbocycles. The van der Waals surface area contributed by atoms with Crippen LogP contribution in [0.25, 0.3) is 44.1 Å². The molecule has 0 saturated carbocycles. The summed E-state index contributed by atoms with van der Waals surface area (Å²) < 4.78 is 29.2. The van der Waals surface area contributed by atoms with Crippen LogP contribution >= 0.6 is 0 Å². The quantitative estimate of drug-likeness (QED) is 0.0320. The number of halogens is 2. The fourth-order valence-electron chi connectivity index (χ4n) is 15.6. The Hall–Kier alpha value is -13.6. The average molecular weight is 1610 g/mol. The molecule has 2 unspecified atom stereocenters. The molecule has 27 nitrogen and oxygen atoms in total. The van der Waals surface area contributed by atoms with Gasteiger partial charge >= 0.3 is 0 Å². The van der Waals surface area contributed by atoms with Gasteiger partial charge in [0.25, 0.3) is 47.3 Å². The minimum Gasteiger partial charge on any atom is -0.355 e. The highest BCUT2D eigenvalue weighted by Crippen LogP contribution is 2.38. The van der Waals surface area contributed by atoms with E-state index in [-0.39, 0.29) is 60.4 Å². The Morgan fingerprint density at radius 1 is 0.487 bits per heavy atom. The number of aromatic nitrogens is 2. The first-order valence-electron chi connectivity index (χ1n) is 39.9. The van der Waals surface area contributed by atoms with Crippen LogP contribution in [0.3, 0.4) is 0 Å². The second-order valence-corrected chi connectivity index (χ2v) is 29.4. The summed E-state index contributed by atoms with van der Waals surface area (Å²) in [4.78, 5) is 165. The van der Waals surface area contributed by atoms with Crippen LogP contribution in [0.1, 0.15) is 141 Å². The van der Waals surface area contributed by atoms with Crippen molar-refractivity contribution in [3.8, 4) is 22.3 Å². The van der Waals surface area contributed by atoms with E-state index in [0.717, 1.165) is 135 Å². The number of amides is 12.